The molecule has 7 nitrogen and oxygen atoms in total. The van der Waals surface area contributed by atoms with Gasteiger partial charge >= 0.3 is 0 Å². The molecule has 0 saturated heterocycles. The molecule has 0 aliphatic carbocycles. The zero-order valence-electron chi connectivity index (χ0n) is 9.93. The Balaban J connectivity index is 2.72. The first-order valence-electron chi connectivity index (χ1n) is 5.65. The fourth-order valence-corrected chi connectivity index (χ4v) is 1.37. The molecular weight excluding hydrogens is 222 g/mol. The van der Waals surface area contributed by atoms with Gasteiger partial charge in [0.15, 0.2) is 0 Å². The molecule has 1 aromatic heterocycles. The first kappa shape index (κ1) is 13.8. The molecule has 17 heavy (non-hydrogen) atoms. The van der Waals surface area contributed by atoms with Gasteiger partial charge in [0.2, 0.25) is 5.95 Å². The second kappa shape index (κ2) is 7.10. The molecule has 1 unspecified atom stereocenters. The Bertz CT molecular complexity index is 347. The number of hydrogen-bond donors (Lipinski definition) is 4. The van der Waals surface area contributed by atoms with E-state index in [1.165, 1.54) is 0 Å². The molecule has 7 heteroatoms. The minimum Gasteiger partial charge on any atom is -0.394 e. The molecule has 1 rings (SSSR count). The highest BCUT2D eigenvalue weighted by atomic mass is 16.3. The lowest BCUT2D eigenvalue weighted by atomic mass is 10.1. The summed E-state index contributed by atoms with van der Waals surface area (Å²) in [4.78, 5) is 4.08. The van der Waals surface area contributed by atoms with Crippen molar-refractivity contribution < 1.29 is 10.2 Å². The smallest absolute Gasteiger partial charge is 0.240 e. The average Bonchev–Trinajstić information content (AvgIpc) is 2.32. The third-order valence-corrected chi connectivity index (χ3v) is 2.21. The van der Waals surface area contributed by atoms with Gasteiger partial charge in [-0.3, -0.25) is 0 Å². The van der Waals surface area contributed by atoms with Gasteiger partial charge in [0.1, 0.15) is 0 Å². The van der Waals surface area contributed by atoms with Crippen LogP contribution in [0.5, 0.6) is 0 Å². The second-order valence-corrected chi connectivity index (χ2v) is 3.78. The van der Waals surface area contributed by atoms with Crippen molar-refractivity contribution in [3.05, 3.63) is 11.4 Å². The highest BCUT2D eigenvalue weighted by Gasteiger charge is 2.12. The van der Waals surface area contributed by atoms with Crippen LogP contribution >= 0.6 is 0 Å². The summed E-state index contributed by atoms with van der Waals surface area (Å²) in [5.74, 6) is 0.112. The lowest BCUT2D eigenvalue weighted by Crippen LogP contribution is -2.22. The zero-order valence-corrected chi connectivity index (χ0v) is 9.93. The van der Waals surface area contributed by atoms with E-state index in [1.807, 2.05) is 0 Å². The second-order valence-electron chi connectivity index (χ2n) is 3.78. The molecule has 0 bridgehead atoms. The van der Waals surface area contributed by atoms with Crippen molar-refractivity contribution in [2.45, 2.75) is 32.4 Å². The Labute approximate surface area is 100 Å². The van der Waals surface area contributed by atoms with Crippen LogP contribution in [0.4, 0.5) is 5.95 Å². The van der Waals surface area contributed by atoms with Crippen molar-refractivity contribution in [1.82, 2.24) is 20.5 Å². The van der Waals surface area contributed by atoms with E-state index in [-0.39, 0.29) is 19.0 Å². The summed E-state index contributed by atoms with van der Waals surface area (Å²) in [6.07, 6.45) is 0.391. The number of rotatable bonds is 7. The molecule has 1 aromatic rings. The van der Waals surface area contributed by atoms with Crippen molar-refractivity contribution >= 4 is 5.95 Å². The first-order valence-corrected chi connectivity index (χ1v) is 5.65. The van der Waals surface area contributed by atoms with Gasteiger partial charge in [0.05, 0.1) is 24.1 Å². The highest BCUT2D eigenvalue weighted by Crippen LogP contribution is 2.06. The summed E-state index contributed by atoms with van der Waals surface area (Å²) in [6, 6.07) is 0. The molecule has 0 aromatic carbocycles. The Morgan fingerprint density at radius 1 is 1.35 bits per heavy atom. The fraction of sp³-hybridized carbons (Fsp3) is 0.700. The molecule has 96 valence electrons. The van der Waals surface area contributed by atoms with E-state index in [0.29, 0.717) is 17.9 Å². The number of nitrogens with zero attached hydrogens (tertiary/aromatic N) is 3. The van der Waals surface area contributed by atoms with E-state index >= 15 is 0 Å². The van der Waals surface area contributed by atoms with Crippen LogP contribution in [0.25, 0.3) is 0 Å². The lowest BCUT2D eigenvalue weighted by Gasteiger charge is -2.10. The molecule has 0 fully saturated rings. The van der Waals surface area contributed by atoms with Crippen LogP contribution in [0.2, 0.25) is 0 Å². The van der Waals surface area contributed by atoms with Crippen molar-refractivity contribution in [1.29, 1.82) is 0 Å². The summed E-state index contributed by atoms with van der Waals surface area (Å²) < 4.78 is 0. The maximum atomic E-state index is 9.38. The Kier molecular flexibility index (Phi) is 5.75. The van der Waals surface area contributed by atoms with Crippen LogP contribution in [0.3, 0.4) is 0 Å². The van der Waals surface area contributed by atoms with Crippen molar-refractivity contribution in [2.24, 2.45) is 0 Å². The predicted octanol–water partition coefficient (Wildman–Crippen LogP) is -1.15. The monoisotopic (exact) mass is 241 g/mol. The van der Waals surface area contributed by atoms with E-state index in [1.54, 1.807) is 0 Å². The Morgan fingerprint density at radius 3 is 2.76 bits per heavy atom. The molecule has 0 aliphatic rings. The Hall–Kier alpha value is -1.31. The van der Waals surface area contributed by atoms with Crippen LogP contribution in [-0.4, -0.2) is 44.7 Å². The molecule has 0 spiro atoms. The summed E-state index contributed by atoms with van der Waals surface area (Å²) in [5.41, 5.74) is 6.70. The minimum atomic E-state index is -0.848. The van der Waals surface area contributed by atoms with Gasteiger partial charge < -0.3 is 21.3 Å². The van der Waals surface area contributed by atoms with E-state index < -0.39 is 6.10 Å². The summed E-state index contributed by atoms with van der Waals surface area (Å²) in [7, 11) is 0. The number of nitrogen functional groups attached to an aromatic ring is 1. The molecule has 1 heterocycles. The third-order valence-electron chi connectivity index (χ3n) is 2.21. The van der Waals surface area contributed by atoms with Gasteiger partial charge in [-0.1, -0.05) is 6.92 Å². The summed E-state index contributed by atoms with van der Waals surface area (Å²) >= 11 is 0. The largest absolute Gasteiger partial charge is 0.394 e. The molecule has 5 N–H and O–H groups in total. The van der Waals surface area contributed by atoms with Crippen LogP contribution < -0.4 is 11.1 Å². The molecule has 0 aliphatic heterocycles. The summed E-state index contributed by atoms with van der Waals surface area (Å²) in [5, 5.41) is 28.9. The van der Waals surface area contributed by atoms with Gasteiger partial charge in [0, 0.05) is 13.0 Å². The van der Waals surface area contributed by atoms with Crippen LogP contribution in [0.15, 0.2) is 0 Å². The maximum Gasteiger partial charge on any atom is 0.240 e. The van der Waals surface area contributed by atoms with Gasteiger partial charge in [-0.2, -0.15) is 0 Å². The van der Waals surface area contributed by atoms with Gasteiger partial charge in [-0.25, -0.2) is 4.98 Å². The minimum absolute atomic E-state index is 0.112. The Morgan fingerprint density at radius 2 is 2.12 bits per heavy atom. The molecule has 0 radical (unpaired) electrons. The zero-order chi connectivity index (χ0) is 12.7. The number of anilines is 1. The quantitative estimate of drug-likeness (QED) is 0.445. The average molecular weight is 241 g/mol. The van der Waals surface area contributed by atoms with Gasteiger partial charge in [-0.05, 0) is 13.0 Å². The molecule has 0 amide bonds. The topological polar surface area (TPSA) is 117 Å². The third kappa shape index (κ3) is 4.59. The van der Waals surface area contributed by atoms with E-state index in [9.17, 15) is 5.11 Å². The summed E-state index contributed by atoms with van der Waals surface area (Å²) in [6.45, 7) is 3.15. The first-order chi connectivity index (χ1) is 8.17. The number of aromatic nitrogens is 3. The number of aliphatic hydroxyl groups excluding tert-OH is 2. The van der Waals surface area contributed by atoms with Crippen molar-refractivity contribution in [2.75, 3.05) is 18.9 Å². The predicted molar refractivity (Wildman–Crippen MR) is 63.0 cm³/mol. The molecule has 1 atom stereocenters. The lowest BCUT2D eigenvalue weighted by molar-refractivity contribution is 0.0942. The van der Waals surface area contributed by atoms with E-state index in [4.69, 9.17) is 10.8 Å². The van der Waals surface area contributed by atoms with Crippen LogP contribution in [-0.2, 0) is 13.0 Å². The van der Waals surface area contributed by atoms with E-state index in [0.717, 1.165) is 13.0 Å². The molecule has 0 saturated carbocycles. The normalized spacial score (nSPS) is 12.6. The number of nitrogens with one attached hydrogen (secondary N) is 1. The van der Waals surface area contributed by atoms with Crippen molar-refractivity contribution in [3.8, 4) is 0 Å². The number of nitrogens with two attached hydrogens (primary N) is 1. The van der Waals surface area contributed by atoms with Crippen molar-refractivity contribution in [3.63, 3.8) is 0 Å². The standard InChI is InChI=1S/C10H19N5O2/c1-2-3-12-5-9-8(4-7(17)6-16)14-15-10(11)13-9/h7,12,16-17H,2-6H2,1H3,(H2,11,13,15). The fourth-order valence-electron chi connectivity index (χ4n) is 1.37. The SMILES string of the molecule is CCCNCc1nc(N)nnc1CC(O)CO. The van der Waals surface area contributed by atoms with Gasteiger partial charge in [-0.15, -0.1) is 10.2 Å². The maximum absolute atomic E-state index is 9.38. The molecular formula is C10H19N5O2. The highest BCUT2D eigenvalue weighted by molar-refractivity contribution is 5.20. The van der Waals surface area contributed by atoms with Gasteiger partial charge in [0.25, 0.3) is 0 Å². The van der Waals surface area contributed by atoms with E-state index in [2.05, 4.69) is 27.4 Å². The number of aliphatic hydroxyl groups is 2. The van der Waals surface area contributed by atoms with Crippen LogP contribution in [0, 0.1) is 0 Å². The van der Waals surface area contributed by atoms with Crippen LogP contribution in [0.1, 0.15) is 24.7 Å². The number of hydrogen-bond acceptors (Lipinski definition) is 7.